The first kappa shape index (κ1) is 14.1. The molecule has 104 valence electrons. The molecule has 0 saturated heterocycles. The maximum Gasteiger partial charge on any atom is 0.355 e. The molecule has 1 amide bonds. The number of rotatable bonds is 5. The molecule has 2 aromatic rings. The maximum atomic E-state index is 12.1. The second kappa shape index (κ2) is 6.25. The monoisotopic (exact) mass is 291 g/mol. The Kier molecular flexibility index (Phi) is 4.41. The van der Waals surface area contributed by atoms with Crippen molar-refractivity contribution < 1.29 is 14.7 Å². The van der Waals surface area contributed by atoms with Crippen LogP contribution in [-0.4, -0.2) is 45.4 Å². The largest absolute Gasteiger partial charge is 0.476 e. The molecule has 2 heterocycles. The number of carbonyl (C=O) groups excluding carboxylic acids is 1. The molecule has 0 aliphatic heterocycles. The van der Waals surface area contributed by atoms with Gasteiger partial charge in [-0.25, -0.2) is 9.78 Å². The Morgan fingerprint density at radius 1 is 1.35 bits per heavy atom. The summed E-state index contributed by atoms with van der Waals surface area (Å²) in [6, 6.07) is 3.79. The minimum Gasteiger partial charge on any atom is -0.476 e. The average molecular weight is 291 g/mol. The number of carboxylic acid groups (broad SMARTS) is 1. The van der Waals surface area contributed by atoms with Crippen molar-refractivity contribution in [3.63, 3.8) is 0 Å². The molecule has 0 aliphatic rings. The molecule has 0 fully saturated rings. The summed E-state index contributed by atoms with van der Waals surface area (Å²) in [6.07, 6.45) is 4.12. The van der Waals surface area contributed by atoms with Crippen LogP contribution in [-0.2, 0) is 6.42 Å². The van der Waals surface area contributed by atoms with Crippen molar-refractivity contribution in [3.05, 3.63) is 46.2 Å². The van der Waals surface area contributed by atoms with Crippen molar-refractivity contribution >= 4 is 23.2 Å². The van der Waals surface area contributed by atoms with Gasteiger partial charge in [-0.2, -0.15) is 0 Å². The third-order valence-electron chi connectivity index (χ3n) is 2.74. The molecule has 0 spiro atoms. The van der Waals surface area contributed by atoms with Gasteiger partial charge in [0, 0.05) is 31.4 Å². The summed E-state index contributed by atoms with van der Waals surface area (Å²) in [7, 11) is 1.67. The van der Waals surface area contributed by atoms with Crippen LogP contribution in [0.1, 0.15) is 25.9 Å². The molecule has 2 rings (SSSR count). The van der Waals surface area contributed by atoms with Crippen LogP contribution in [0.4, 0.5) is 0 Å². The zero-order chi connectivity index (χ0) is 14.5. The highest BCUT2D eigenvalue weighted by atomic mass is 32.1. The lowest BCUT2D eigenvalue weighted by Gasteiger charge is -2.15. The minimum atomic E-state index is -1.13. The Morgan fingerprint density at radius 2 is 2.05 bits per heavy atom. The van der Waals surface area contributed by atoms with Crippen molar-refractivity contribution in [2.45, 2.75) is 6.42 Å². The van der Waals surface area contributed by atoms with Gasteiger partial charge < -0.3 is 10.0 Å². The molecule has 6 nitrogen and oxygen atoms in total. The van der Waals surface area contributed by atoms with Gasteiger partial charge in [0.25, 0.3) is 5.91 Å². The standard InChI is InChI=1S/C13H13N3O3S/c1-16(7-4-9-2-5-14-6-3-9)12(17)11-15-10(8-20-11)13(18)19/h2-3,5-6,8H,4,7H2,1H3,(H,18,19). The second-order valence-corrected chi connectivity index (χ2v) is 5.03. The van der Waals surface area contributed by atoms with Gasteiger partial charge in [0.1, 0.15) is 0 Å². The third-order valence-corrected chi connectivity index (χ3v) is 3.57. The van der Waals surface area contributed by atoms with E-state index in [0.717, 1.165) is 16.9 Å². The van der Waals surface area contributed by atoms with Crippen molar-refractivity contribution in [1.82, 2.24) is 14.9 Å². The van der Waals surface area contributed by atoms with Gasteiger partial charge >= 0.3 is 5.97 Å². The molecule has 0 radical (unpaired) electrons. The van der Waals surface area contributed by atoms with Crippen LogP contribution in [0.15, 0.2) is 29.9 Å². The van der Waals surface area contributed by atoms with Crippen molar-refractivity contribution in [3.8, 4) is 0 Å². The van der Waals surface area contributed by atoms with E-state index < -0.39 is 5.97 Å². The van der Waals surface area contributed by atoms with E-state index in [4.69, 9.17) is 5.11 Å². The van der Waals surface area contributed by atoms with Gasteiger partial charge in [-0.3, -0.25) is 9.78 Å². The number of nitrogens with zero attached hydrogens (tertiary/aromatic N) is 3. The summed E-state index contributed by atoms with van der Waals surface area (Å²) in [4.78, 5) is 32.1. The lowest BCUT2D eigenvalue weighted by Crippen LogP contribution is -2.28. The Bertz CT molecular complexity index is 612. The van der Waals surface area contributed by atoms with Crippen molar-refractivity contribution in [2.24, 2.45) is 0 Å². The van der Waals surface area contributed by atoms with Crippen molar-refractivity contribution in [2.75, 3.05) is 13.6 Å². The van der Waals surface area contributed by atoms with Crippen LogP contribution in [0.25, 0.3) is 0 Å². The predicted molar refractivity (Wildman–Crippen MR) is 74.0 cm³/mol. The molecular formula is C13H13N3O3S. The first-order chi connectivity index (χ1) is 9.58. The molecule has 0 atom stereocenters. The number of aromatic carboxylic acids is 1. The summed E-state index contributed by atoms with van der Waals surface area (Å²) in [5.41, 5.74) is 0.992. The number of carbonyl (C=O) groups is 2. The number of hydrogen-bond donors (Lipinski definition) is 1. The van der Waals surface area contributed by atoms with Crippen LogP contribution in [0.5, 0.6) is 0 Å². The SMILES string of the molecule is CN(CCc1ccncc1)C(=O)c1nc(C(=O)O)cs1. The molecule has 0 unspecified atom stereocenters. The van der Waals surface area contributed by atoms with E-state index in [1.807, 2.05) is 12.1 Å². The topological polar surface area (TPSA) is 83.4 Å². The Morgan fingerprint density at radius 3 is 2.65 bits per heavy atom. The molecule has 20 heavy (non-hydrogen) atoms. The fourth-order valence-electron chi connectivity index (χ4n) is 1.58. The number of aromatic nitrogens is 2. The summed E-state index contributed by atoms with van der Waals surface area (Å²) in [5.74, 6) is -1.39. The highest BCUT2D eigenvalue weighted by molar-refractivity contribution is 7.11. The van der Waals surface area contributed by atoms with Gasteiger partial charge in [0.2, 0.25) is 0 Å². The van der Waals surface area contributed by atoms with Gasteiger partial charge in [-0.1, -0.05) is 0 Å². The summed E-state index contributed by atoms with van der Waals surface area (Å²) in [5, 5.41) is 10.3. The van der Waals surface area contributed by atoms with Gasteiger partial charge in [-0.05, 0) is 24.1 Å². The number of thiazole rings is 1. The lowest BCUT2D eigenvalue weighted by atomic mass is 10.2. The number of hydrogen-bond acceptors (Lipinski definition) is 5. The molecule has 0 aliphatic carbocycles. The fraction of sp³-hybridized carbons (Fsp3) is 0.231. The zero-order valence-electron chi connectivity index (χ0n) is 10.8. The zero-order valence-corrected chi connectivity index (χ0v) is 11.6. The molecule has 7 heteroatoms. The minimum absolute atomic E-state index is 0.0964. The van der Waals surface area contributed by atoms with Gasteiger partial charge in [0.05, 0.1) is 0 Å². The molecular weight excluding hydrogens is 278 g/mol. The van der Waals surface area contributed by atoms with E-state index in [1.54, 1.807) is 19.4 Å². The summed E-state index contributed by atoms with van der Waals surface area (Å²) < 4.78 is 0. The Balaban J connectivity index is 1.96. The predicted octanol–water partition coefficient (Wildman–Crippen LogP) is 1.55. The Labute approximate surface area is 119 Å². The van der Waals surface area contributed by atoms with E-state index in [2.05, 4.69) is 9.97 Å². The highest BCUT2D eigenvalue weighted by Gasteiger charge is 2.18. The van der Waals surface area contributed by atoms with Crippen LogP contribution >= 0.6 is 11.3 Å². The molecule has 2 aromatic heterocycles. The smallest absolute Gasteiger partial charge is 0.355 e. The quantitative estimate of drug-likeness (QED) is 0.903. The lowest BCUT2D eigenvalue weighted by molar-refractivity contribution is 0.0691. The van der Waals surface area contributed by atoms with E-state index in [1.165, 1.54) is 10.3 Å². The van der Waals surface area contributed by atoms with Crippen LogP contribution < -0.4 is 0 Å². The first-order valence-corrected chi connectivity index (χ1v) is 6.79. The Hall–Kier alpha value is -2.28. The molecule has 0 saturated carbocycles. The average Bonchev–Trinajstić information content (AvgIpc) is 2.95. The van der Waals surface area contributed by atoms with E-state index in [0.29, 0.717) is 13.0 Å². The normalized spacial score (nSPS) is 10.2. The molecule has 0 bridgehead atoms. The molecule has 1 N–H and O–H groups in total. The second-order valence-electron chi connectivity index (χ2n) is 4.18. The number of carboxylic acids is 1. The number of likely N-dealkylation sites (N-methyl/N-ethyl adjacent to an activating group) is 1. The first-order valence-electron chi connectivity index (χ1n) is 5.91. The van der Waals surface area contributed by atoms with E-state index in [9.17, 15) is 9.59 Å². The van der Waals surface area contributed by atoms with E-state index in [-0.39, 0.29) is 16.6 Å². The molecule has 0 aromatic carbocycles. The fourth-order valence-corrected chi connectivity index (χ4v) is 2.37. The van der Waals surface area contributed by atoms with Crippen LogP contribution in [0.2, 0.25) is 0 Å². The number of pyridine rings is 1. The van der Waals surface area contributed by atoms with Crippen LogP contribution in [0, 0.1) is 0 Å². The third kappa shape index (κ3) is 3.39. The highest BCUT2D eigenvalue weighted by Crippen LogP contribution is 2.12. The maximum absolute atomic E-state index is 12.1. The van der Waals surface area contributed by atoms with Crippen LogP contribution in [0.3, 0.4) is 0 Å². The summed E-state index contributed by atoms with van der Waals surface area (Å²) in [6.45, 7) is 0.533. The summed E-state index contributed by atoms with van der Waals surface area (Å²) >= 11 is 1.04. The van der Waals surface area contributed by atoms with E-state index >= 15 is 0 Å². The van der Waals surface area contributed by atoms with Gasteiger partial charge in [-0.15, -0.1) is 11.3 Å². The van der Waals surface area contributed by atoms with Crippen molar-refractivity contribution in [1.29, 1.82) is 0 Å². The van der Waals surface area contributed by atoms with Gasteiger partial charge in [0.15, 0.2) is 10.7 Å². The number of amides is 1.